The molecule has 18 heavy (non-hydrogen) atoms. The Morgan fingerprint density at radius 3 is 2.72 bits per heavy atom. The monoisotopic (exact) mass is 254 g/mol. The summed E-state index contributed by atoms with van der Waals surface area (Å²) in [5, 5.41) is 18.6. The summed E-state index contributed by atoms with van der Waals surface area (Å²) in [4.78, 5) is 11.8. The smallest absolute Gasteiger partial charge is 0.309 e. The summed E-state index contributed by atoms with van der Waals surface area (Å²) in [5.41, 5.74) is 5.54. The average molecular weight is 254 g/mol. The molecule has 0 spiro atoms. The van der Waals surface area contributed by atoms with Gasteiger partial charge in [-0.25, -0.2) is 0 Å². The van der Waals surface area contributed by atoms with Crippen molar-refractivity contribution in [3.05, 3.63) is 23.6 Å². The lowest BCUT2D eigenvalue weighted by Crippen LogP contribution is -2.47. The van der Waals surface area contributed by atoms with Crippen molar-refractivity contribution in [1.82, 2.24) is 15.5 Å². The first-order chi connectivity index (χ1) is 8.36. The van der Waals surface area contributed by atoms with E-state index in [0.717, 1.165) is 0 Å². The van der Waals surface area contributed by atoms with Crippen molar-refractivity contribution in [2.45, 2.75) is 32.7 Å². The summed E-state index contributed by atoms with van der Waals surface area (Å²) in [6.07, 6.45) is 2.10. The van der Waals surface area contributed by atoms with Crippen molar-refractivity contribution in [2.75, 3.05) is 6.61 Å². The van der Waals surface area contributed by atoms with Crippen LogP contribution < -0.4 is 11.1 Å². The minimum absolute atomic E-state index is 0.00752. The Morgan fingerprint density at radius 1 is 1.56 bits per heavy atom. The first-order valence-electron chi connectivity index (χ1n) is 5.56. The molecule has 0 aliphatic heterocycles. The van der Waals surface area contributed by atoms with E-state index in [9.17, 15) is 4.79 Å². The highest BCUT2D eigenvalue weighted by Gasteiger charge is 2.26. The van der Waals surface area contributed by atoms with Crippen molar-refractivity contribution in [2.24, 2.45) is 5.73 Å². The lowest BCUT2D eigenvalue weighted by molar-refractivity contribution is 0.0886. The van der Waals surface area contributed by atoms with E-state index in [-0.39, 0.29) is 12.5 Å². The van der Waals surface area contributed by atoms with Crippen LogP contribution in [0.5, 0.6) is 0 Å². The number of amides is 1. The van der Waals surface area contributed by atoms with Crippen molar-refractivity contribution in [1.29, 1.82) is 0 Å². The van der Waals surface area contributed by atoms with Crippen LogP contribution >= 0.6 is 0 Å². The second-order valence-corrected chi connectivity index (χ2v) is 4.38. The molecule has 1 aromatic rings. The maximum atomic E-state index is 11.8. The molecule has 0 bridgehead atoms. The Morgan fingerprint density at radius 2 is 2.22 bits per heavy atom. The lowest BCUT2D eigenvalue weighted by atomic mass is 10.00. The summed E-state index contributed by atoms with van der Waals surface area (Å²) < 4.78 is 5.02. The van der Waals surface area contributed by atoms with Crippen LogP contribution in [0.1, 0.15) is 36.8 Å². The van der Waals surface area contributed by atoms with Crippen LogP contribution in [0, 0.1) is 6.92 Å². The van der Waals surface area contributed by atoms with E-state index in [4.69, 9.17) is 15.3 Å². The van der Waals surface area contributed by atoms with E-state index in [1.54, 1.807) is 26.8 Å². The number of aryl methyl sites for hydroxylation is 1. The van der Waals surface area contributed by atoms with Crippen molar-refractivity contribution in [3.63, 3.8) is 0 Å². The SMILES string of the molecule is Cc1nnc(C(=O)NC(C)(C)/C(N)=C/CCO)o1. The minimum atomic E-state index is -0.755. The van der Waals surface area contributed by atoms with Crippen LogP contribution in [0.25, 0.3) is 0 Å². The first kappa shape index (κ1) is 14.2. The average Bonchev–Trinajstić information content (AvgIpc) is 2.72. The van der Waals surface area contributed by atoms with Gasteiger partial charge in [-0.05, 0) is 20.3 Å². The first-order valence-corrected chi connectivity index (χ1v) is 5.56. The molecule has 0 unspecified atom stereocenters. The van der Waals surface area contributed by atoms with Crippen molar-refractivity contribution >= 4 is 5.91 Å². The van der Waals surface area contributed by atoms with E-state index >= 15 is 0 Å². The summed E-state index contributed by atoms with van der Waals surface area (Å²) in [7, 11) is 0. The number of rotatable bonds is 5. The Hall–Kier alpha value is -1.89. The van der Waals surface area contributed by atoms with Gasteiger partial charge in [-0.3, -0.25) is 4.79 Å². The highest BCUT2D eigenvalue weighted by atomic mass is 16.4. The van der Waals surface area contributed by atoms with E-state index in [1.807, 2.05) is 0 Å². The molecule has 0 aromatic carbocycles. The Kier molecular flexibility index (Phi) is 4.43. The zero-order valence-electron chi connectivity index (χ0n) is 10.7. The highest BCUT2D eigenvalue weighted by molar-refractivity contribution is 5.90. The van der Waals surface area contributed by atoms with Gasteiger partial charge in [-0.1, -0.05) is 6.08 Å². The lowest BCUT2D eigenvalue weighted by Gasteiger charge is -2.26. The van der Waals surface area contributed by atoms with Gasteiger partial charge < -0.3 is 20.6 Å². The second-order valence-electron chi connectivity index (χ2n) is 4.38. The summed E-state index contributed by atoms with van der Waals surface area (Å²) in [6.45, 7) is 5.10. The normalized spacial score (nSPS) is 12.6. The van der Waals surface area contributed by atoms with Crippen LogP contribution in [0.2, 0.25) is 0 Å². The van der Waals surface area contributed by atoms with Gasteiger partial charge in [-0.2, -0.15) is 0 Å². The van der Waals surface area contributed by atoms with Crippen LogP contribution in [0.3, 0.4) is 0 Å². The van der Waals surface area contributed by atoms with Gasteiger partial charge in [0.05, 0.1) is 5.54 Å². The van der Waals surface area contributed by atoms with Crippen LogP contribution in [-0.2, 0) is 0 Å². The zero-order chi connectivity index (χ0) is 13.8. The standard InChI is InChI=1S/C11H18N4O3/c1-7-14-15-10(18-7)9(17)13-11(2,3)8(12)5-4-6-16/h5,16H,4,6,12H2,1-3H3,(H,13,17)/b8-5-. The third-order valence-corrected chi connectivity index (χ3v) is 2.36. The Labute approximate surface area is 105 Å². The van der Waals surface area contributed by atoms with Crippen LogP contribution in [-0.4, -0.2) is 33.4 Å². The third-order valence-electron chi connectivity index (χ3n) is 2.36. The van der Waals surface area contributed by atoms with Gasteiger partial charge in [-0.15, -0.1) is 10.2 Å². The number of carbonyl (C=O) groups is 1. The van der Waals surface area contributed by atoms with Gasteiger partial charge in [0.1, 0.15) is 0 Å². The predicted molar refractivity (Wildman–Crippen MR) is 64.6 cm³/mol. The zero-order valence-corrected chi connectivity index (χ0v) is 10.7. The third kappa shape index (κ3) is 3.56. The quantitative estimate of drug-likeness (QED) is 0.687. The van der Waals surface area contributed by atoms with E-state index in [0.29, 0.717) is 18.0 Å². The molecule has 0 aliphatic carbocycles. The molecule has 7 nitrogen and oxygen atoms in total. The minimum Gasteiger partial charge on any atom is -0.417 e. The Balaban J connectivity index is 2.73. The number of hydrogen-bond donors (Lipinski definition) is 3. The highest BCUT2D eigenvalue weighted by Crippen LogP contribution is 2.12. The molecule has 100 valence electrons. The van der Waals surface area contributed by atoms with Gasteiger partial charge >= 0.3 is 11.8 Å². The molecular formula is C11H18N4O3. The molecular weight excluding hydrogens is 236 g/mol. The number of aliphatic hydroxyl groups is 1. The molecule has 0 saturated heterocycles. The number of hydrogen-bond acceptors (Lipinski definition) is 6. The maximum Gasteiger partial charge on any atom is 0.309 e. The number of aliphatic hydroxyl groups excluding tert-OH is 1. The summed E-state index contributed by atoms with van der Waals surface area (Å²) in [5.74, 6) is -0.266. The molecule has 0 radical (unpaired) electrons. The molecule has 0 atom stereocenters. The number of aromatic nitrogens is 2. The Bertz CT molecular complexity index is 451. The number of nitrogens with one attached hydrogen (secondary N) is 1. The molecule has 1 heterocycles. The van der Waals surface area contributed by atoms with Gasteiger partial charge in [0.2, 0.25) is 5.89 Å². The van der Waals surface area contributed by atoms with E-state index < -0.39 is 11.4 Å². The molecule has 0 saturated carbocycles. The topological polar surface area (TPSA) is 114 Å². The molecule has 1 rings (SSSR count). The molecule has 1 amide bonds. The molecule has 0 fully saturated rings. The molecule has 4 N–H and O–H groups in total. The van der Waals surface area contributed by atoms with Gasteiger partial charge in [0.15, 0.2) is 0 Å². The summed E-state index contributed by atoms with van der Waals surface area (Å²) in [6, 6.07) is 0. The number of carbonyl (C=O) groups excluding carboxylic acids is 1. The predicted octanol–water partition coefficient (Wildman–Crippen LogP) is 0.111. The van der Waals surface area contributed by atoms with E-state index in [2.05, 4.69) is 15.5 Å². The van der Waals surface area contributed by atoms with Gasteiger partial charge in [0.25, 0.3) is 0 Å². The summed E-state index contributed by atoms with van der Waals surface area (Å²) >= 11 is 0. The second kappa shape index (κ2) is 5.63. The molecule has 1 aromatic heterocycles. The van der Waals surface area contributed by atoms with Crippen LogP contribution in [0.4, 0.5) is 0 Å². The fourth-order valence-electron chi connectivity index (χ4n) is 1.27. The number of nitrogens with zero attached hydrogens (tertiary/aromatic N) is 2. The van der Waals surface area contributed by atoms with Gasteiger partial charge in [0, 0.05) is 19.2 Å². The number of nitrogens with two attached hydrogens (primary N) is 1. The largest absolute Gasteiger partial charge is 0.417 e. The molecule has 7 heteroatoms. The van der Waals surface area contributed by atoms with Crippen molar-refractivity contribution in [3.8, 4) is 0 Å². The fraction of sp³-hybridized carbons (Fsp3) is 0.545. The van der Waals surface area contributed by atoms with Crippen molar-refractivity contribution < 1.29 is 14.3 Å². The van der Waals surface area contributed by atoms with Crippen LogP contribution in [0.15, 0.2) is 16.2 Å². The van der Waals surface area contributed by atoms with E-state index in [1.165, 1.54) is 0 Å². The molecule has 0 aliphatic rings. The maximum absolute atomic E-state index is 11.8. The fourth-order valence-corrected chi connectivity index (χ4v) is 1.27.